The van der Waals surface area contributed by atoms with E-state index in [1.807, 2.05) is 24.3 Å². The minimum absolute atomic E-state index is 0.187. The second-order valence-corrected chi connectivity index (χ2v) is 7.44. The van der Waals surface area contributed by atoms with Crippen molar-refractivity contribution in [2.45, 2.75) is 57.8 Å². The number of carboxylic acid groups (broad SMARTS) is 1. The maximum absolute atomic E-state index is 12.8. The molecule has 0 bridgehead atoms. The van der Waals surface area contributed by atoms with Gasteiger partial charge in [-0.2, -0.15) is 0 Å². The highest BCUT2D eigenvalue weighted by Crippen LogP contribution is 2.30. The van der Waals surface area contributed by atoms with Gasteiger partial charge >= 0.3 is 5.97 Å². The number of aliphatic carboxylic acids is 1. The SMILES string of the molecule is O=C(O)CCCCCCCCCCN1C(=O)c2cccc3cccc(c23)C1=O. The van der Waals surface area contributed by atoms with Crippen LogP contribution in [-0.4, -0.2) is 34.3 Å². The molecule has 0 radical (unpaired) electrons. The van der Waals surface area contributed by atoms with Crippen LogP contribution < -0.4 is 0 Å². The molecule has 5 nitrogen and oxygen atoms in total. The number of rotatable bonds is 11. The summed E-state index contributed by atoms with van der Waals surface area (Å²) in [7, 11) is 0. The Morgan fingerprint density at radius 1 is 0.750 bits per heavy atom. The Labute approximate surface area is 165 Å². The average molecular weight is 381 g/mol. The van der Waals surface area contributed by atoms with Gasteiger partial charge in [0, 0.05) is 29.5 Å². The summed E-state index contributed by atoms with van der Waals surface area (Å²) in [4.78, 5) is 37.4. The number of benzene rings is 2. The van der Waals surface area contributed by atoms with Crippen molar-refractivity contribution in [2.75, 3.05) is 6.54 Å². The number of carbonyl (C=O) groups excluding carboxylic acids is 2. The number of imide groups is 1. The maximum Gasteiger partial charge on any atom is 0.303 e. The third-order valence-corrected chi connectivity index (χ3v) is 5.38. The maximum atomic E-state index is 12.8. The van der Waals surface area contributed by atoms with Gasteiger partial charge < -0.3 is 5.11 Å². The fourth-order valence-electron chi connectivity index (χ4n) is 3.89. The van der Waals surface area contributed by atoms with Gasteiger partial charge in [-0.05, 0) is 30.4 Å². The zero-order chi connectivity index (χ0) is 19.9. The molecule has 2 amide bonds. The van der Waals surface area contributed by atoms with Crippen LogP contribution in [0.15, 0.2) is 36.4 Å². The minimum atomic E-state index is -0.722. The Bertz CT molecular complexity index is 823. The van der Waals surface area contributed by atoms with Gasteiger partial charge in [-0.15, -0.1) is 0 Å². The normalized spacial score (nSPS) is 13.4. The van der Waals surface area contributed by atoms with Crippen LogP contribution in [-0.2, 0) is 4.79 Å². The average Bonchev–Trinajstić information content (AvgIpc) is 2.69. The molecule has 1 aliphatic heterocycles. The molecule has 5 heteroatoms. The molecular formula is C23H27NO4. The lowest BCUT2D eigenvalue weighted by molar-refractivity contribution is -0.137. The van der Waals surface area contributed by atoms with Crippen LogP contribution in [0.3, 0.4) is 0 Å². The van der Waals surface area contributed by atoms with Gasteiger partial charge in [0.1, 0.15) is 0 Å². The molecule has 0 aliphatic carbocycles. The van der Waals surface area contributed by atoms with Crippen molar-refractivity contribution >= 4 is 28.6 Å². The summed E-state index contributed by atoms with van der Waals surface area (Å²) in [6.07, 6.45) is 8.13. The molecule has 0 fully saturated rings. The van der Waals surface area contributed by atoms with Crippen LogP contribution >= 0.6 is 0 Å². The number of carboxylic acids is 1. The monoisotopic (exact) mass is 381 g/mol. The number of hydrogen-bond acceptors (Lipinski definition) is 3. The molecule has 0 saturated carbocycles. The molecule has 28 heavy (non-hydrogen) atoms. The van der Waals surface area contributed by atoms with Crippen molar-refractivity contribution in [2.24, 2.45) is 0 Å². The molecule has 1 N–H and O–H groups in total. The minimum Gasteiger partial charge on any atom is -0.481 e. The van der Waals surface area contributed by atoms with E-state index in [-0.39, 0.29) is 18.2 Å². The molecule has 0 spiro atoms. The smallest absolute Gasteiger partial charge is 0.303 e. The first-order valence-electron chi connectivity index (χ1n) is 10.2. The number of amides is 2. The van der Waals surface area contributed by atoms with E-state index in [1.54, 1.807) is 12.1 Å². The van der Waals surface area contributed by atoms with Gasteiger partial charge in [-0.25, -0.2) is 0 Å². The highest BCUT2D eigenvalue weighted by atomic mass is 16.4. The number of nitrogens with zero attached hydrogens (tertiary/aromatic N) is 1. The van der Waals surface area contributed by atoms with E-state index in [0.717, 1.165) is 62.1 Å². The summed E-state index contributed by atoms with van der Waals surface area (Å²) in [5.41, 5.74) is 1.24. The predicted octanol–water partition coefficient (Wildman–Crippen LogP) is 5.03. The largest absolute Gasteiger partial charge is 0.481 e. The zero-order valence-corrected chi connectivity index (χ0v) is 16.2. The standard InChI is InChI=1S/C23H27NO4/c25-20(26)15-7-5-3-1-2-4-6-8-16-24-22(27)18-13-9-11-17-12-10-14-19(21(17)18)23(24)28/h9-14H,1-8,15-16H2,(H,25,26). The number of carbonyl (C=O) groups is 3. The molecule has 2 aromatic carbocycles. The molecule has 0 unspecified atom stereocenters. The lowest BCUT2D eigenvalue weighted by Gasteiger charge is -2.27. The van der Waals surface area contributed by atoms with Crippen molar-refractivity contribution in [3.63, 3.8) is 0 Å². The van der Waals surface area contributed by atoms with Crippen molar-refractivity contribution in [3.05, 3.63) is 47.5 Å². The summed E-state index contributed by atoms with van der Waals surface area (Å²) in [5.74, 6) is -1.10. The van der Waals surface area contributed by atoms with Crippen molar-refractivity contribution < 1.29 is 19.5 Å². The van der Waals surface area contributed by atoms with Crippen LogP contribution in [0.2, 0.25) is 0 Å². The van der Waals surface area contributed by atoms with Crippen LogP contribution in [0, 0.1) is 0 Å². The first-order chi connectivity index (χ1) is 13.6. The molecule has 2 aromatic rings. The van der Waals surface area contributed by atoms with E-state index >= 15 is 0 Å². The van der Waals surface area contributed by atoms with Gasteiger partial charge in [-0.3, -0.25) is 19.3 Å². The molecule has 148 valence electrons. The van der Waals surface area contributed by atoms with Crippen LogP contribution in [0.5, 0.6) is 0 Å². The number of unbranched alkanes of at least 4 members (excludes halogenated alkanes) is 7. The van der Waals surface area contributed by atoms with Crippen LogP contribution in [0.4, 0.5) is 0 Å². The van der Waals surface area contributed by atoms with E-state index < -0.39 is 5.97 Å². The quantitative estimate of drug-likeness (QED) is 0.437. The van der Waals surface area contributed by atoms with Gasteiger partial charge in [0.25, 0.3) is 11.8 Å². The third kappa shape index (κ3) is 4.58. The summed E-state index contributed by atoms with van der Waals surface area (Å²) in [6.45, 7) is 0.459. The molecular weight excluding hydrogens is 354 g/mol. The highest BCUT2D eigenvalue weighted by Gasteiger charge is 2.31. The molecule has 0 atom stereocenters. The summed E-state index contributed by atoms with van der Waals surface area (Å²) in [6, 6.07) is 11.2. The fraction of sp³-hybridized carbons (Fsp3) is 0.435. The molecule has 1 heterocycles. The summed E-state index contributed by atoms with van der Waals surface area (Å²) in [5, 5.41) is 10.3. The van der Waals surface area contributed by atoms with Crippen molar-refractivity contribution in [1.82, 2.24) is 4.90 Å². The Morgan fingerprint density at radius 3 is 1.79 bits per heavy atom. The Kier molecular flexibility index (Phi) is 6.80. The Morgan fingerprint density at radius 2 is 1.25 bits per heavy atom. The Hall–Kier alpha value is -2.69. The Balaban J connectivity index is 1.43. The van der Waals surface area contributed by atoms with Gasteiger partial charge in [0.2, 0.25) is 0 Å². The van der Waals surface area contributed by atoms with Crippen LogP contribution in [0.25, 0.3) is 10.8 Å². The van der Waals surface area contributed by atoms with Crippen LogP contribution in [0.1, 0.15) is 78.5 Å². The fourth-order valence-corrected chi connectivity index (χ4v) is 3.89. The van der Waals surface area contributed by atoms with E-state index in [1.165, 1.54) is 4.90 Å². The van der Waals surface area contributed by atoms with E-state index in [9.17, 15) is 14.4 Å². The second kappa shape index (κ2) is 9.49. The lowest BCUT2D eigenvalue weighted by Crippen LogP contribution is -2.40. The van der Waals surface area contributed by atoms with Gasteiger partial charge in [0.15, 0.2) is 0 Å². The molecule has 0 aromatic heterocycles. The van der Waals surface area contributed by atoms with Crippen molar-refractivity contribution in [3.8, 4) is 0 Å². The topological polar surface area (TPSA) is 74.7 Å². The zero-order valence-electron chi connectivity index (χ0n) is 16.2. The van der Waals surface area contributed by atoms with Crippen molar-refractivity contribution in [1.29, 1.82) is 0 Å². The number of hydrogen-bond donors (Lipinski definition) is 1. The first-order valence-corrected chi connectivity index (χ1v) is 10.2. The van der Waals surface area contributed by atoms with Gasteiger partial charge in [0.05, 0.1) is 0 Å². The molecule has 1 aliphatic rings. The van der Waals surface area contributed by atoms with E-state index in [2.05, 4.69) is 0 Å². The lowest BCUT2D eigenvalue weighted by atomic mass is 9.94. The molecule has 3 rings (SSSR count). The highest BCUT2D eigenvalue weighted by molar-refractivity contribution is 6.25. The summed E-state index contributed by atoms with van der Waals surface area (Å²) >= 11 is 0. The van der Waals surface area contributed by atoms with Gasteiger partial charge in [-0.1, -0.05) is 62.8 Å². The third-order valence-electron chi connectivity index (χ3n) is 5.38. The predicted molar refractivity (Wildman–Crippen MR) is 109 cm³/mol. The van der Waals surface area contributed by atoms with E-state index in [4.69, 9.17) is 5.11 Å². The summed E-state index contributed by atoms with van der Waals surface area (Å²) < 4.78 is 0. The first kappa shape index (κ1) is 20.1. The second-order valence-electron chi connectivity index (χ2n) is 7.44. The van der Waals surface area contributed by atoms with E-state index in [0.29, 0.717) is 17.7 Å². The molecule has 0 saturated heterocycles.